The largest absolute Gasteiger partial charge is 0.492 e. The fourth-order valence-corrected chi connectivity index (χ4v) is 2.26. The van der Waals surface area contributed by atoms with Crippen LogP contribution in [-0.2, 0) is 0 Å². The van der Waals surface area contributed by atoms with Crippen molar-refractivity contribution in [2.45, 2.75) is 18.9 Å². The van der Waals surface area contributed by atoms with Gasteiger partial charge < -0.3 is 4.74 Å². The number of halogens is 1. The summed E-state index contributed by atoms with van der Waals surface area (Å²) in [4.78, 5) is 10.7. The minimum absolute atomic E-state index is 0.236. The molecule has 0 radical (unpaired) electrons. The highest BCUT2D eigenvalue weighted by Crippen LogP contribution is 2.38. The molecule has 0 N–H and O–H groups in total. The van der Waals surface area contributed by atoms with Gasteiger partial charge in [-0.25, -0.2) is 0 Å². The maximum absolute atomic E-state index is 10.9. The van der Waals surface area contributed by atoms with E-state index in [1.807, 2.05) is 6.07 Å². The van der Waals surface area contributed by atoms with Gasteiger partial charge in [-0.3, -0.25) is 10.1 Å². The second kappa shape index (κ2) is 4.18. The number of benzene rings is 1. The Labute approximate surface area is 95.5 Å². The van der Waals surface area contributed by atoms with Gasteiger partial charge in [0.25, 0.3) is 0 Å². The third kappa shape index (κ3) is 1.97. The summed E-state index contributed by atoms with van der Waals surface area (Å²) in [7, 11) is 0. The highest BCUT2D eigenvalue weighted by molar-refractivity contribution is 9.10. The molecule has 80 valence electrons. The van der Waals surface area contributed by atoms with Crippen molar-refractivity contribution >= 4 is 15.9 Å². The Morgan fingerprint density at radius 2 is 2.33 bits per heavy atom. The van der Waals surface area contributed by atoms with Crippen LogP contribution in [0.1, 0.15) is 24.4 Å². The van der Waals surface area contributed by atoms with E-state index >= 15 is 0 Å². The van der Waals surface area contributed by atoms with Gasteiger partial charge in [0.15, 0.2) is 0 Å². The number of nitro groups is 1. The Bertz CT molecular complexity index is 394. The van der Waals surface area contributed by atoms with Crippen LogP contribution in [0.4, 0.5) is 0 Å². The summed E-state index contributed by atoms with van der Waals surface area (Å²) in [6.45, 7) is 0.542. The second-order valence-corrected chi connectivity index (χ2v) is 4.30. The van der Waals surface area contributed by atoms with Gasteiger partial charge in [-0.1, -0.05) is 6.07 Å². The molecular weight excluding hydrogens is 262 g/mol. The summed E-state index contributed by atoms with van der Waals surface area (Å²) in [5.74, 6) is 0.622. The average molecular weight is 272 g/mol. The van der Waals surface area contributed by atoms with E-state index in [9.17, 15) is 10.1 Å². The number of fused-ring (bicyclic) bond motifs is 1. The SMILES string of the molecule is O=[N+]([O-])C1CCCOc2c(Br)cccc21. The Balaban J connectivity index is 2.49. The molecular formula is C10H10BrNO3. The minimum atomic E-state index is -0.639. The quantitative estimate of drug-likeness (QED) is 0.583. The summed E-state index contributed by atoms with van der Waals surface area (Å²) in [6, 6.07) is 4.76. The van der Waals surface area contributed by atoms with Crippen LogP contribution in [0.15, 0.2) is 22.7 Å². The van der Waals surface area contributed by atoms with E-state index in [1.165, 1.54) is 0 Å². The summed E-state index contributed by atoms with van der Waals surface area (Å²) in [5, 5.41) is 10.9. The molecule has 2 rings (SSSR count). The van der Waals surface area contributed by atoms with Crippen molar-refractivity contribution in [1.29, 1.82) is 0 Å². The molecule has 1 atom stereocenters. The van der Waals surface area contributed by atoms with E-state index in [0.717, 1.165) is 4.47 Å². The van der Waals surface area contributed by atoms with E-state index in [-0.39, 0.29) is 4.92 Å². The van der Waals surface area contributed by atoms with E-state index in [4.69, 9.17) is 4.74 Å². The van der Waals surface area contributed by atoms with E-state index in [2.05, 4.69) is 15.9 Å². The lowest BCUT2D eigenvalue weighted by Crippen LogP contribution is -2.09. The first-order valence-corrected chi connectivity index (χ1v) is 5.54. The van der Waals surface area contributed by atoms with Gasteiger partial charge in [0, 0.05) is 11.3 Å². The van der Waals surface area contributed by atoms with Crippen LogP contribution in [0.25, 0.3) is 0 Å². The van der Waals surface area contributed by atoms with Crippen LogP contribution in [0.3, 0.4) is 0 Å². The van der Waals surface area contributed by atoms with Crippen LogP contribution in [-0.4, -0.2) is 11.5 Å². The lowest BCUT2D eigenvalue weighted by molar-refractivity contribution is -0.529. The Morgan fingerprint density at radius 3 is 3.07 bits per heavy atom. The zero-order valence-electron chi connectivity index (χ0n) is 7.98. The smallest absolute Gasteiger partial charge is 0.241 e. The molecule has 1 aromatic rings. The highest BCUT2D eigenvalue weighted by Gasteiger charge is 2.29. The molecule has 1 unspecified atom stereocenters. The first kappa shape index (κ1) is 10.4. The minimum Gasteiger partial charge on any atom is -0.492 e. The van der Waals surface area contributed by atoms with Crippen molar-refractivity contribution in [2.75, 3.05) is 6.61 Å². The van der Waals surface area contributed by atoms with Crippen LogP contribution < -0.4 is 4.74 Å². The third-order valence-corrected chi connectivity index (χ3v) is 3.10. The van der Waals surface area contributed by atoms with Crippen LogP contribution in [0, 0.1) is 10.1 Å². The van der Waals surface area contributed by atoms with Crippen LogP contribution in [0.5, 0.6) is 5.75 Å². The van der Waals surface area contributed by atoms with E-state index in [1.54, 1.807) is 12.1 Å². The molecule has 1 aromatic carbocycles. The maximum Gasteiger partial charge on any atom is 0.241 e. The summed E-state index contributed by atoms with van der Waals surface area (Å²) in [6.07, 6.45) is 1.25. The first-order chi connectivity index (χ1) is 7.20. The number of para-hydroxylation sites is 1. The van der Waals surface area contributed by atoms with Gasteiger partial charge in [0.05, 0.1) is 16.6 Å². The average Bonchev–Trinajstić information content (AvgIpc) is 2.40. The Hall–Kier alpha value is -1.10. The molecule has 0 saturated heterocycles. The fourth-order valence-electron chi connectivity index (χ4n) is 1.77. The molecule has 0 amide bonds. The second-order valence-electron chi connectivity index (χ2n) is 3.45. The predicted molar refractivity (Wildman–Crippen MR) is 58.6 cm³/mol. The van der Waals surface area contributed by atoms with Crippen molar-refractivity contribution < 1.29 is 9.66 Å². The molecule has 1 aliphatic heterocycles. The molecule has 0 fully saturated rings. The Kier molecular flexibility index (Phi) is 2.90. The van der Waals surface area contributed by atoms with Gasteiger partial charge >= 0.3 is 0 Å². The normalized spacial score (nSPS) is 19.9. The molecule has 15 heavy (non-hydrogen) atoms. The van der Waals surface area contributed by atoms with Gasteiger partial charge in [0.1, 0.15) is 5.75 Å². The van der Waals surface area contributed by atoms with Crippen molar-refractivity contribution in [3.05, 3.63) is 38.3 Å². The van der Waals surface area contributed by atoms with E-state index < -0.39 is 6.04 Å². The zero-order chi connectivity index (χ0) is 10.8. The van der Waals surface area contributed by atoms with Crippen molar-refractivity contribution in [1.82, 2.24) is 0 Å². The van der Waals surface area contributed by atoms with Crippen LogP contribution >= 0.6 is 15.9 Å². The van der Waals surface area contributed by atoms with E-state index in [0.29, 0.717) is 30.8 Å². The summed E-state index contributed by atoms with van der Waals surface area (Å²) < 4.78 is 6.29. The van der Waals surface area contributed by atoms with Crippen molar-refractivity contribution in [2.24, 2.45) is 0 Å². The van der Waals surface area contributed by atoms with Gasteiger partial charge in [0.2, 0.25) is 6.04 Å². The molecule has 5 heteroatoms. The summed E-state index contributed by atoms with van der Waals surface area (Å²) in [5.41, 5.74) is 0.673. The number of hydrogen-bond donors (Lipinski definition) is 0. The molecule has 4 nitrogen and oxygen atoms in total. The summed E-state index contributed by atoms with van der Waals surface area (Å²) >= 11 is 3.35. The number of nitrogens with zero attached hydrogens (tertiary/aromatic N) is 1. The number of hydrogen-bond acceptors (Lipinski definition) is 3. The number of rotatable bonds is 1. The molecule has 0 bridgehead atoms. The highest BCUT2D eigenvalue weighted by atomic mass is 79.9. The number of ether oxygens (including phenoxy) is 1. The molecule has 0 spiro atoms. The standard InChI is InChI=1S/C10H10BrNO3/c11-8-4-1-3-7-9(12(13)14)5-2-6-15-10(7)8/h1,3-4,9H,2,5-6H2. The first-order valence-electron chi connectivity index (χ1n) is 4.75. The predicted octanol–water partition coefficient (Wildman–Crippen LogP) is 2.94. The third-order valence-electron chi connectivity index (χ3n) is 2.48. The lowest BCUT2D eigenvalue weighted by atomic mass is 10.0. The molecule has 0 saturated carbocycles. The lowest BCUT2D eigenvalue weighted by Gasteiger charge is -2.10. The zero-order valence-corrected chi connectivity index (χ0v) is 9.57. The van der Waals surface area contributed by atoms with Crippen molar-refractivity contribution in [3.63, 3.8) is 0 Å². The Morgan fingerprint density at radius 1 is 1.53 bits per heavy atom. The maximum atomic E-state index is 10.9. The molecule has 0 aromatic heterocycles. The molecule has 0 aliphatic carbocycles. The molecule has 1 heterocycles. The van der Waals surface area contributed by atoms with Gasteiger partial charge in [-0.05, 0) is 34.5 Å². The molecule has 1 aliphatic rings. The fraction of sp³-hybridized carbons (Fsp3) is 0.400. The monoisotopic (exact) mass is 271 g/mol. The topological polar surface area (TPSA) is 52.4 Å². The van der Waals surface area contributed by atoms with Crippen LogP contribution in [0.2, 0.25) is 0 Å². The van der Waals surface area contributed by atoms with Gasteiger partial charge in [-0.15, -0.1) is 0 Å². The van der Waals surface area contributed by atoms with Crippen molar-refractivity contribution in [3.8, 4) is 5.75 Å². The van der Waals surface area contributed by atoms with Gasteiger partial charge in [-0.2, -0.15) is 0 Å².